The minimum atomic E-state index is -1.08. The van der Waals surface area contributed by atoms with Gasteiger partial charge in [-0.3, -0.25) is 9.36 Å². The molecule has 1 aliphatic rings. The first-order valence-corrected chi connectivity index (χ1v) is 13.8. The summed E-state index contributed by atoms with van der Waals surface area (Å²) in [6.07, 6.45) is 1.38. The number of thiazole rings is 1. The molecule has 3 aromatic rings. The number of carbonyl (C=O) groups excluding carboxylic acids is 1. The summed E-state index contributed by atoms with van der Waals surface area (Å²) in [5.41, 5.74) is 1.90. The second-order valence-electron chi connectivity index (χ2n) is 8.91. The maximum atomic E-state index is 13.8. The van der Waals surface area contributed by atoms with E-state index in [0.29, 0.717) is 48.7 Å². The van der Waals surface area contributed by atoms with Gasteiger partial charge < -0.3 is 19.3 Å². The zero-order valence-electron chi connectivity index (χ0n) is 21.8. The van der Waals surface area contributed by atoms with Crippen molar-refractivity contribution in [2.75, 3.05) is 13.2 Å². The summed E-state index contributed by atoms with van der Waals surface area (Å²) in [5.74, 6) is -0.557. The normalized spacial score (nSPS) is 15.1. The van der Waals surface area contributed by atoms with Gasteiger partial charge in [-0.25, -0.2) is 14.6 Å². The number of halogens is 1. The third kappa shape index (κ3) is 6.31. The molecule has 1 N–H and O–H groups in total. The average Bonchev–Trinajstić information content (AvgIpc) is 3.17. The number of aromatic nitrogens is 1. The number of fused-ring (bicyclic) bond motifs is 1. The van der Waals surface area contributed by atoms with Gasteiger partial charge in [0.15, 0.2) is 11.4 Å². The molecule has 0 bridgehead atoms. The van der Waals surface area contributed by atoms with Crippen molar-refractivity contribution in [3.05, 3.63) is 89.0 Å². The summed E-state index contributed by atoms with van der Waals surface area (Å²) in [6, 6.07) is 11.6. The maximum Gasteiger partial charge on any atom is 0.341 e. The van der Waals surface area contributed by atoms with Crippen molar-refractivity contribution < 1.29 is 28.9 Å². The van der Waals surface area contributed by atoms with Gasteiger partial charge in [0.1, 0.15) is 11.5 Å². The van der Waals surface area contributed by atoms with E-state index in [9.17, 15) is 14.4 Å². The topological polar surface area (TPSA) is 116 Å². The smallest absolute Gasteiger partial charge is 0.341 e. The Balaban J connectivity index is 1.82. The highest BCUT2D eigenvalue weighted by atomic mass is 79.9. The molecular formula is C28H27BrN2O7S. The van der Waals surface area contributed by atoms with E-state index in [0.717, 1.165) is 5.56 Å². The van der Waals surface area contributed by atoms with Gasteiger partial charge in [-0.1, -0.05) is 29.5 Å². The van der Waals surface area contributed by atoms with Crippen molar-refractivity contribution in [1.82, 2.24) is 4.57 Å². The third-order valence-electron chi connectivity index (χ3n) is 5.70. The lowest BCUT2D eigenvalue weighted by Crippen LogP contribution is -2.40. The Kier molecular flexibility index (Phi) is 8.71. The van der Waals surface area contributed by atoms with Crippen molar-refractivity contribution in [1.29, 1.82) is 0 Å². The second kappa shape index (κ2) is 12.0. The quantitative estimate of drug-likeness (QED) is 0.364. The van der Waals surface area contributed by atoms with Crippen molar-refractivity contribution in [2.45, 2.75) is 39.8 Å². The van der Waals surface area contributed by atoms with E-state index in [1.54, 1.807) is 57.2 Å². The predicted octanol–water partition coefficient (Wildman–Crippen LogP) is 3.81. The lowest BCUT2D eigenvalue weighted by molar-refractivity contribution is -0.143. The van der Waals surface area contributed by atoms with E-state index in [1.165, 1.54) is 15.9 Å². The van der Waals surface area contributed by atoms with Gasteiger partial charge in [0.2, 0.25) is 0 Å². The number of esters is 1. The lowest BCUT2D eigenvalue weighted by atomic mass is 9.96. The fourth-order valence-corrected chi connectivity index (χ4v) is 5.66. The first-order chi connectivity index (χ1) is 18.6. The van der Waals surface area contributed by atoms with E-state index in [2.05, 4.69) is 20.9 Å². The Bertz CT molecular complexity index is 1620. The Morgan fingerprint density at radius 2 is 1.90 bits per heavy atom. The van der Waals surface area contributed by atoms with E-state index in [4.69, 9.17) is 19.3 Å². The van der Waals surface area contributed by atoms with Gasteiger partial charge in [-0.15, -0.1) is 0 Å². The minimum absolute atomic E-state index is 0.300. The maximum absolute atomic E-state index is 13.8. The van der Waals surface area contributed by atoms with Crippen LogP contribution in [0.2, 0.25) is 0 Å². The van der Waals surface area contributed by atoms with Gasteiger partial charge in [-0.05, 0) is 85.1 Å². The van der Waals surface area contributed by atoms with Crippen LogP contribution in [-0.2, 0) is 14.3 Å². The molecule has 0 unspecified atom stereocenters. The van der Waals surface area contributed by atoms with Crippen LogP contribution in [0, 0.1) is 0 Å². The van der Waals surface area contributed by atoms with E-state index < -0.39 is 24.6 Å². The van der Waals surface area contributed by atoms with Crippen molar-refractivity contribution in [2.24, 2.45) is 4.99 Å². The highest BCUT2D eigenvalue weighted by Crippen LogP contribution is 2.32. The molecule has 2 heterocycles. The van der Waals surface area contributed by atoms with Crippen LogP contribution < -0.4 is 24.4 Å². The number of benzene rings is 2. The van der Waals surface area contributed by atoms with Crippen LogP contribution in [0.1, 0.15) is 44.9 Å². The van der Waals surface area contributed by atoms with Gasteiger partial charge >= 0.3 is 11.9 Å². The fraction of sp³-hybridized carbons (Fsp3) is 0.286. The molecule has 204 valence electrons. The highest BCUT2D eigenvalue weighted by molar-refractivity contribution is 9.10. The largest absolute Gasteiger partial charge is 0.494 e. The average molecular weight is 616 g/mol. The van der Waals surface area contributed by atoms with Crippen LogP contribution in [0.4, 0.5) is 0 Å². The van der Waals surface area contributed by atoms with Crippen molar-refractivity contribution in [3.63, 3.8) is 0 Å². The number of carbonyl (C=O) groups is 2. The number of nitrogens with zero attached hydrogens (tertiary/aromatic N) is 2. The number of rotatable bonds is 9. The Hall–Kier alpha value is -3.70. The number of hydrogen-bond donors (Lipinski definition) is 1. The Labute approximate surface area is 236 Å². The molecule has 1 atom stereocenters. The summed E-state index contributed by atoms with van der Waals surface area (Å²) in [7, 11) is 0. The van der Waals surface area contributed by atoms with Crippen LogP contribution in [0.25, 0.3) is 6.08 Å². The number of aliphatic carboxylic acids is 1. The summed E-state index contributed by atoms with van der Waals surface area (Å²) in [5, 5.41) is 8.85. The second-order valence-corrected chi connectivity index (χ2v) is 10.8. The molecule has 0 saturated heterocycles. The number of allylic oxidation sites excluding steroid dienone is 1. The Morgan fingerprint density at radius 3 is 2.51 bits per heavy atom. The van der Waals surface area contributed by atoms with Crippen molar-refractivity contribution >= 4 is 45.3 Å². The SMILES string of the molecule is CCOc1ccc([C@@H]2C(C(=O)OC(C)C)=C(C)N=c3s/c(=C\c4ccc(OCC(=O)O)c(Br)c4)c(=O)n32)cc1. The number of carboxylic acid groups (broad SMARTS) is 1. The minimum Gasteiger partial charge on any atom is -0.494 e. The van der Waals surface area contributed by atoms with E-state index >= 15 is 0 Å². The molecule has 4 rings (SSSR count). The summed E-state index contributed by atoms with van der Waals surface area (Å²) in [4.78, 5) is 42.9. The molecular weight excluding hydrogens is 588 g/mol. The predicted molar refractivity (Wildman–Crippen MR) is 150 cm³/mol. The highest BCUT2D eigenvalue weighted by Gasteiger charge is 2.33. The van der Waals surface area contributed by atoms with Gasteiger partial charge in [0.05, 0.1) is 39.0 Å². The fourth-order valence-electron chi connectivity index (χ4n) is 4.10. The molecule has 9 nitrogen and oxygen atoms in total. The molecule has 11 heteroatoms. The van der Waals surface area contributed by atoms with E-state index in [-0.39, 0.29) is 11.7 Å². The molecule has 0 aliphatic carbocycles. The number of ether oxygens (including phenoxy) is 3. The van der Waals surface area contributed by atoms with Crippen LogP contribution in [0.15, 0.2) is 68.0 Å². The van der Waals surface area contributed by atoms with Crippen LogP contribution in [0.3, 0.4) is 0 Å². The molecule has 0 saturated carbocycles. The molecule has 1 aromatic heterocycles. The van der Waals surface area contributed by atoms with Gasteiger partial charge in [-0.2, -0.15) is 0 Å². The molecule has 0 amide bonds. The monoisotopic (exact) mass is 614 g/mol. The molecule has 0 spiro atoms. The lowest BCUT2D eigenvalue weighted by Gasteiger charge is -2.25. The zero-order valence-corrected chi connectivity index (χ0v) is 24.2. The first-order valence-electron chi connectivity index (χ1n) is 12.2. The molecule has 1 aliphatic heterocycles. The number of carboxylic acids is 1. The van der Waals surface area contributed by atoms with Gasteiger partial charge in [0.25, 0.3) is 5.56 Å². The summed E-state index contributed by atoms with van der Waals surface area (Å²) >= 11 is 4.60. The van der Waals surface area contributed by atoms with Gasteiger partial charge in [0, 0.05) is 0 Å². The van der Waals surface area contributed by atoms with Crippen LogP contribution in [-0.4, -0.2) is 40.9 Å². The summed E-state index contributed by atoms with van der Waals surface area (Å²) in [6.45, 7) is 7.22. The number of hydrogen-bond acceptors (Lipinski definition) is 8. The van der Waals surface area contributed by atoms with Crippen LogP contribution in [0.5, 0.6) is 11.5 Å². The zero-order chi connectivity index (χ0) is 28.3. The Morgan fingerprint density at radius 1 is 1.18 bits per heavy atom. The molecule has 39 heavy (non-hydrogen) atoms. The standard InChI is InChI=1S/C28H27BrN2O7S/c1-5-36-19-9-7-18(8-10-19)25-24(27(35)38-15(2)3)16(4)30-28-31(25)26(34)22(39-28)13-17-6-11-21(20(29)12-17)37-14-23(32)33/h6-13,15,25H,5,14H2,1-4H3,(H,32,33)/b22-13-/t25-/m1/s1. The summed E-state index contributed by atoms with van der Waals surface area (Å²) < 4.78 is 18.9. The first kappa shape index (κ1) is 28.3. The molecule has 0 fully saturated rings. The molecule has 2 aromatic carbocycles. The van der Waals surface area contributed by atoms with E-state index in [1.807, 2.05) is 19.1 Å². The van der Waals surface area contributed by atoms with Crippen molar-refractivity contribution in [3.8, 4) is 11.5 Å². The third-order valence-corrected chi connectivity index (χ3v) is 7.30. The van der Waals surface area contributed by atoms with Crippen LogP contribution >= 0.6 is 27.3 Å². The molecule has 0 radical (unpaired) electrons.